The van der Waals surface area contributed by atoms with E-state index in [0.717, 1.165) is 26.1 Å². The first-order valence-electron chi connectivity index (χ1n) is 6.32. The highest BCUT2D eigenvalue weighted by Crippen LogP contribution is 2.10. The van der Waals surface area contributed by atoms with Gasteiger partial charge in [-0.25, -0.2) is 0 Å². The SMILES string of the molecule is CCCN(CC1CCCN1)C(=O)c1cn[nH]c1. The lowest BCUT2D eigenvalue weighted by atomic mass is 10.2. The van der Waals surface area contributed by atoms with E-state index in [1.807, 2.05) is 4.90 Å². The molecule has 0 bridgehead atoms. The molecule has 0 spiro atoms. The minimum absolute atomic E-state index is 0.0781. The molecule has 1 amide bonds. The Kier molecular flexibility index (Phi) is 4.14. The summed E-state index contributed by atoms with van der Waals surface area (Å²) in [5.74, 6) is 0.0781. The van der Waals surface area contributed by atoms with Crippen molar-refractivity contribution < 1.29 is 4.79 Å². The third-order valence-electron chi connectivity index (χ3n) is 3.13. The summed E-state index contributed by atoms with van der Waals surface area (Å²) in [6.07, 6.45) is 6.61. The quantitative estimate of drug-likeness (QED) is 0.802. The third kappa shape index (κ3) is 3.06. The summed E-state index contributed by atoms with van der Waals surface area (Å²) in [5, 5.41) is 9.95. The maximum absolute atomic E-state index is 12.2. The van der Waals surface area contributed by atoms with Gasteiger partial charge in [-0.2, -0.15) is 5.10 Å². The molecule has 1 unspecified atom stereocenters. The minimum atomic E-state index is 0.0781. The van der Waals surface area contributed by atoms with E-state index in [0.29, 0.717) is 11.6 Å². The van der Waals surface area contributed by atoms with Crippen LogP contribution >= 0.6 is 0 Å². The van der Waals surface area contributed by atoms with E-state index in [9.17, 15) is 4.79 Å². The maximum atomic E-state index is 12.2. The third-order valence-corrected chi connectivity index (χ3v) is 3.13. The molecule has 5 heteroatoms. The molecule has 1 aromatic rings. The van der Waals surface area contributed by atoms with E-state index in [-0.39, 0.29) is 5.91 Å². The van der Waals surface area contributed by atoms with Crippen molar-refractivity contribution in [1.29, 1.82) is 0 Å². The Morgan fingerprint density at radius 1 is 1.65 bits per heavy atom. The molecule has 0 aliphatic carbocycles. The zero-order valence-corrected chi connectivity index (χ0v) is 10.3. The van der Waals surface area contributed by atoms with Gasteiger partial charge in [0.15, 0.2) is 0 Å². The Hall–Kier alpha value is -1.36. The maximum Gasteiger partial charge on any atom is 0.257 e. The van der Waals surface area contributed by atoms with Crippen molar-refractivity contribution in [3.63, 3.8) is 0 Å². The van der Waals surface area contributed by atoms with Gasteiger partial charge in [-0.3, -0.25) is 9.89 Å². The summed E-state index contributed by atoms with van der Waals surface area (Å²) < 4.78 is 0. The number of nitrogens with one attached hydrogen (secondary N) is 2. The predicted molar refractivity (Wildman–Crippen MR) is 65.8 cm³/mol. The highest BCUT2D eigenvalue weighted by Gasteiger charge is 2.22. The normalized spacial score (nSPS) is 19.5. The van der Waals surface area contributed by atoms with Crippen LogP contribution in [0.25, 0.3) is 0 Å². The molecule has 2 rings (SSSR count). The summed E-state index contributed by atoms with van der Waals surface area (Å²) in [7, 11) is 0. The van der Waals surface area contributed by atoms with E-state index >= 15 is 0 Å². The van der Waals surface area contributed by atoms with E-state index in [4.69, 9.17) is 0 Å². The van der Waals surface area contributed by atoms with Gasteiger partial charge in [0.25, 0.3) is 5.91 Å². The topological polar surface area (TPSA) is 61.0 Å². The van der Waals surface area contributed by atoms with Crippen LogP contribution in [0.2, 0.25) is 0 Å². The number of rotatable bonds is 5. The molecule has 1 aliphatic heterocycles. The zero-order chi connectivity index (χ0) is 12.1. The molecular weight excluding hydrogens is 216 g/mol. The minimum Gasteiger partial charge on any atom is -0.337 e. The lowest BCUT2D eigenvalue weighted by molar-refractivity contribution is 0.0742. The number of carbonyl (C=O) groups is 1. The summed E-state index contributed by atoms with van der Waals surface area (Å²) in [6.45, 7) is 4.78. The predicted octanol–water partition coefficient (Wildman–Crippen LogP) is 1.01. The number of hydrogen-bond donors (Lipinski definition) is 2. The van der Waals surface area contributed by atoms with Crippen molar-refractivity contribution in [3.8, 4) is 0 Å². The monoisotopic (exact) mass is 236 g/mol. The number of nitrogens with zero attached hydrogens (tertiary/aromatic N) is 2. The number of H-pyrrole nitrogens is 1. The van der Waals surface area contributed by atoms with Crippen LogP contribution in [-0.2, 0) is 0 Å². The van der Waals surface area contributed by atoms with Crippen LogP contribution in [0.1, 0.15) is 36.5 Å². The zero-order valence-electron chi connectivity index (χ0n) is 10.3. The van der Waals surface area contributed by atoms with Crippen LogP contribution in [0.15, 0.2) is 12.4 Å². The molecule has 0 aromatic carbocycles. The number of carbonyl (C=O) groups excluding carboxylic acids is 1. The lowest BCUT2D eigenvalue weighted by Crippen LogP contribution is -2.41. The summed E-state index contributed by atoms with van der Waals surface area (Å²) >= 11 is 0. The Labute approximate surface area is 102 Å². The molecule has 1 saturated heterocycles. The second kappa shape index (κ2) is 5.82. The van der Waals surface area contributed by atoms with Crippen molar-refractivity contribution in [2.45, 2.75) is 32.2 Å². The van der Waals surface area contributed by atoms with E-state index in [1.165, 1.54) is 12.8 Å². The van der Waals surface area contributed by atoms with Gasteiger partial charge >= 0.3 is 0 Å². The first-order chi connectivity index (χ1) is 8.31. The standard InChI is InChI=1S/C12H20N4O/c1-2-6-16(9-11-4-3-5-13-11)12(17)10-7-14-15-8-10/h7-8,11,13H,2-6,9H2,1H3,(H,14,15). The van der Waals surface area contributed by atoms with Crippen LogP contribution in [0, 0.1) is 0 Å². The molecular formula is C12H20N4O. The smallest absolute Gasteiger partial charge is 0.257 e. The van der Waals surface area contributed by atoms with Gasteiger partial charge in [-0.05, 0) is 25.8 Å². The number of hydrogen-bond acceptors (Lipinski definition) is 3. The fourth-order valence-corrected chi connectivity index (χ4v) is 2.27. The molecule has 94 valence electrons. The van der Waals surface area contributed by atoms with E-state index in [2.05, 4.69) is 22.4 Å². The largest absolute Gasteiger partial charge is 0.337 e. The molecule has 1 atom stereocenters. The molecule has 1 aliphatic rings. The van der Waals surface area contributed by atoms with Crippen molar-refractivity contribution in [3.05, 3.63) is 18.0 Å². The first-order valence-corrected chi connectivity index (χ1v) is 6.32. The molecule has 1 aromatic heterocycles. The van der Waals surface area contributed by atoms with E-state index in [1.54, 1.807) is 12.4 Å². The molecule has 2 heterocycles. The average Bonchev–Trinajstić information content (AvgIpc) is 3.00. The fraction of sp³-hybridized carbons (Fsp3) is 0.667. The van der Waals surface area contributed by atoms with Crippen LogP contribution in [-0.4, -0.2) is 46.7 Å². The van der Waals surface area contributed by atoms with Crippen molar-refractivity contribution in [2.75, 3.05) is 19.6 Å². The Morgan fingerprint density at radius 2 is 2.53 bits per heavy atom. The molecule has 2 N–H and O–H groups in total. The van der Waals surface area contributed by atoms with Gasteiger partial charge in [0.05, 0.1) is 11.8 Å². The van der Waals surface area contributed by atoms with E-state index < -0.39 is 0 Å². The van der Waals surface area contributed by atoms with Crippen molar-refractivity contribution in [2.24, 2.45) is 0 Å². The second-order valence-electron chi connectivity index (χ2n) is 4.53. The second-order valence-corrected chi connectivity index (χ2v) is 4.53. The average molecular weight is 236 g/mol. The van der Waals surface area contributed by atoms with Crippen LogP contribution in [0.3, 0.4) is 0 Å². The van der Waals surface area contributed by atoms with Gasteiger partial charge in [-0.15, -0.1) is 0 Å². The van der Waals surface area contributed by atoms with Crippen LogP contribution in [0.5, 0.6) is 0 Å². The van der Waals surface area contributed by atoms with Crippen molar-refractivity contribution >= 4 is 5.91 Å². The Balaban J connectivity index is 1.98. The van der Waals surface area contributed by atoms with Gasteiger partial charge < -0.3 is 10.2 Å². The molecule has 5 nitrogen and oxygen atoms in total. The molecule has 0 radical (unpaired) electrons. The summed E-state index contributed by atoms with van der Waals surface area (Å²) in [4.78, 5) is 14.1. The summed E-state index contributed by atoms with van der Waals surface area (Å²) in [6, 6.07) is 0.456. The van der Waals surface area contributed by atoms with Crippen LogP contribution < -0.4 is 5.32 Å². The highest BCUT2D eigenvalue weighted by atomic mass is 16.2. The highest BCUT2D eigenvalue weighted by molar-refractivity contribution is 5.93. The van der Waals surface area contributed by atoms with Crippen LogP contribution in [0.4, 0.5) is 0 Å². The van der Waals surface area contributed by atoms with Gasteiger partial charge in [-0.1, -0.05) is 6.92 Å². The van der Waals surface area contributed by atoms with Crippen molar-refractivity contribution in [1.82, 2.24) is 20.4 Å². The number of aromatic amines is 1. The Bertz CT molecular complexity index is 343. The van der Waals surface area contributed by atoms with Gasteiger partial charge in [0, 0.05) is 25.3 Å². The van der Waals surface area contributed by atoms with Gasteiger partial charge in [0.2, 0.25) is 0 Å². The molecule has 1 fully saturated rings. The summed E-state index contributed by atoms with van der Waals surface area (Å²) in [5.41, 5.74) is 0.649. The molecule has 0 saturated carbocycles. The fourth-order valence-electron chi connectivity index (χ4n) is 2.27. The lowest BCUT2D eigenvalue weighted by Gasteiger charge is -2.25. The first kappa shape index (κ1) is 12.1. The van der Waals surface area contributed by atoms with Gasteiger partial charge in [0.1, 0.15) is 0 Å². The molecule has 17 heavy (non-hydrogen) atoms. The number of amides is 1. The number of aromatic nitrogens is 2. The Morgan fingerprint density at radius 3 is 3.12 bits per heavy atom.